The molecule has 0 aromatic heterocycles. The molecule has 2 N–H and O–H groups in total. The number of benzene rings is 2. The number of carbonyl (C=O) groups excluding carboxylic acids is 2. The van der Waals surface area contributed by atoms with Gasteiger partial charge in [0.25, 0.3) is 11.8 Å². The van der Waals surface area contributed by atoms with Gasteiger partial charge in [0.05, 0.1) is 0 Å². The Kier molecular flexibility index (Phi) is 6.82. The molecule has 132 valence electrons. The first kappa shape index (κ1) is 18.8. The lowest BCUT2D eigenvalue weighted by molar-refractivity contribution is -0.133. The number of hydrogen-bond acceptors (Lipinski definition) is 4. The summed E-state index contributed by atoms with van der Waals surface area (Å²) in [6.45, 7) is 3.30. The highest BCUT2D eigenvalue weighted by molar-refractivity contribution is 9.10. The number of hydrazine groups is 1. The number of aryl methyl sites for hydroxylation is 1. The second kappa shape index (κ2) is 9.08. The monoisotopic (exact) mass is 406 g/mol. The molecule has 0 fully saturated rings. The highest BCUT2D eigenvalue weighted by atomic mass is 79.9. The summed E-state index contributed by atoms with van der Waals surface area (Å²) in [5.74, 6) is 0.214. The Bertz CT molecular complexity index is 737. The van der Waals surface area contributed by atoms with E-state index in [2.05, 4.69) is 26.8 Å². The summed E-state index contributed by atoms with van der Waals surface area (Å²) in [5.41, 5.74) is 5.60. The molecule has 0 saturated carbocycles. The summed E-state index contributed by atoms with van der Waals surface area (Å²) in [7, 11) is 0. The van der Waals surface area contributed by atoms with Crippen LogP contribution >= 0.6 is 15.9 Å². The average Bonchev–Trinajstić information content (AvgIpc) is 2.61. The Morgan fingerprint density at radius 3 is 2.48 bits per heavy atom. The van der Waals surface area contributed by atoms with Crippen LogP contribution in [0.2, 0.25) is 0 Å². The molecule has 0 aliphatic rings. The molecule has 2 amide bonds. The van der Waals surface area contributed by atoms with Gasteiger partial charge in [-0.15, -0.1) is 0 Å². The summed E-state index contributed by atoms with van der Waals surface area (Å²) in [6, 6.07) is 14.4. The first-order valence-corrected chi connectivity index (χ1v) is 8.44. The number of nitrogens with one attached hydrogen (secondary N) is 2. The zero-order valence-corrected chi connectivity index (χ0v) is 15.5. The number of amides is 2. The fourth-order valence-corrected chi connectivity index (χ4v) is 2.13. The molecular weight excluding hydrogens is 388 g/mol. The number of rotatable bonds is 6. The molecule has 6 nitrogen and oxygen atoms in total. The second-order valence-electron chi connectivity index (χ2n) is 5.31. The Balaban J connectivity index is 1.73. The highest BCUT2D eigenvalue weighted by Gasteiger charge is 2.15. The predicted molar refractivity (Wildman–Crippen MR) is 97.2 cm³/mol. The van der Waals surface area contributed by atoms with Crippen molar-refractivity contribution in [2.75, 3.05) is 6.61 Å². The van der Waals surface area contributed by atoms with E-state index in [1.54, 1.807) is 25.1 Å². The van der Waals surface area contributed by atoms with Crippen LogP contribution in [0.1, 0.15) is 12.5 Å². The van der Waals surface area contributed by atoms with Crippen LogP contribution < -0.4 is 20.3 Å². The third-order valence-corrected chi connectivity index (χ3v) is 4.14. The molecule has 0 heterocycles. The van der Waals surface area contributed by atoms with Crippen molar-refractivity contribution < 1.29 is 19.1 Å². The fourth-order valence-electron chi connectivity index (χ4n) is 1.88. The van der Waals surface area contributed by atoms with Gasteiger partial charge in [0.15, 0.2) is 12.7 Å². The quantitative estimate of drug-likeness (QED) is 0.723. The minimum absolute atomic E-state index is 0.213. The Hall–Kier alpha value is -2.54. The third-order valence-electron chi connectivity index (χ3n) is 3.25. The van der Waals surface area contributed by atoms with Crippen molar-refractivity contribution in [3.05, 3.63) is 58.6 Å². The minimum Gasteiger partial charge on any atom is -0.484 e. The number of halogens is 1. The van der Waals surface area contributed by atoms with Crippen LogP contribution in [-0.2, 0) is 9.59 Å². The first-order valence-electron chi connectivity index (χ1n) is 7.65. The molecule has 0 aliphatic carbocycles. The van der Waals surface area contributed by atoms with Crippen LogP contribution in [0.5, 0.6) is 11.5 Å². The molecule has 7 heteroatoms. The van der Waals surface area contributed by atoms with Gasteiger partial charge < -0.3 is 9.47 Å². The standard InChI is InChI=1S/C18H19BrN2O4/c1-12-10-15(8-9-16(12)19)24-11-17(22)20-21-18(23)13(2)25-14-6-4-3-5-7-14/h3-10,13H,11H2,1-2H3,(H,20,22)(H,21,23)/t13-/m0/s1. The molecule has 0 radical (unpaired) electrons. The van der Waals surface area contributed by atoms with Crippen molar-refractivity contribution >= 4 is 27.7 Å². The maximum atomic E-state index is 11.9. The van der Waals surface area contributed by atoms with Crippen LogP contribution in [0.3, 0.4) is 0 Å². The van der Waals surface area contributed by atoms with Gasteiger partial charge in [0.1, 0.15) is 11.5 Å². The van der Waals surface area contributed by atoms with Gasteiger partial charge in [-0.2, -0.15) is 0 Å². The van der Waals surface area contributed by atoms with Gasteiger partial charge in [-0.05, 0) is 49.7 Å². The zero-order chi connectivity index (χ0) is 18.2. The van der Waals surface area contributed by atoms with E-state index in [1.807, 2.05) is 37.3 Å². The van der Waals surface area contributed by atoms with Crippen LogP contribution in [0.4, 0.5) is 0 Å². The van der Waals surface area contributed by atoms with E-state index in [0.29, 0.717) is 11.5 Å². The molecule has 0 saturated heterocycles. The van der Waals surface area contributed by atoms with E-state index < -0.39 is 17.9 Å². The van der Waals surface area contributed by atoms with Crippen LogP contribution in [0.25, 0.3) is 0 Å². The van der Waals surface area contributed by atoms with E-state index in [-0.39, 0.29) is 6.61 Å². The van der Waals surface area contributed by atoms with Gasteiger partial charge in [0.2, 0.25) is 0 Å². The molecule has 0 aliphatic heterocycles. The maximum Gasteiger partial charge on any atom is 0.279 e. The average molecular weight is 407 g/mol. The Morgan fingerprint density at radius 2 is 1.80 bits per heavy atom. The summed E-state index contributed by atoms with van der Waals surface area (Å²) in [6.07, 6.45) is -0.752. The largest absolute Gasteiger partial charge is 0.484 e. The highest BCUT2D eigenvalue weighted by Crippen LogP contribution is 2.21. The van der Waals surface area contributed by atoms with Gasteiger partial charge in [-0.25, -0.2) is 0 Å². The second-order valence-corrected chi connectivity index (χ2v) is 6.16. The van der Waals surface area contributed by atoms with E-state index in [1.165, 1.54) is 0 Å². The van der Waals surface area contributed by atoms with E-state index in [4.69, 9.17) is 9.47 Å². The number of hydrogen-bond donors (Lipinski definition) is 2. The van der Waals surface area contributed by atoms with Crippen molar-refractivity contribution in [2.24, 2.45) is 0 Å². The van der Waals surface area contributed by atoms with E-state index in [9.17, 15) is 9.59 Å². The van der Waals surface area contributed by atoms with Crippen LogP contribution in [0, 0.1) is 6.92 Å². The number of para-hydroxylation sites is 1. The summed E-state index contributed by atoms with van der Waals surface area (Å²) < 4.78 is 11.8. The van der Waals surface area contributed by atoms with E-state index >= 15 is 0 Å². The molecule has 0 spiro atoms. The first-order chi connectivity index (χ1) is 12.0. The van der Waals surface area contributed by atoms with E-state index in [0.717, 1.165) is 10.0 Å². The number of ether oxygens (including phenoxy) is 2. The molecule has 0 bridgehead atoms. The van der Waals surface area contributed by atoms with Gasteiger partial charge in [-0.3, -0.25) is 20.4 Å². The normalized spacial score (nSPS) is 11.3. The fraction of sp³-hybridized carbons (Fsp3) is 0.222. The molecule has 2 rings (SSSR count). The van der Waals surface area contributed by atoms with Crippen molar-refractivity contribution in [3.63, 3.8) is 0 Å². The van der Waals surface area contributed by atoms with Gasteiger partial charge in [0, 0.05) is 4.47 Å². The predicted octanol–water partition coefficient (Wildman–Crippen LogP) is 2.75. The van der Waals surface area contributed by atoms with Crippen molar-refractivity contribution in [2.45, 2.75) is 20.0 Å². The third kappa shape index (κ3) is 6.11. The van der Waals surface area contributed by atoms with Crippen LogP contribution in [0.15, 0.2) is 53.0 Å². The minimum atomic E-state index is -0.752. The lowest BCUT2D eigenvalue weighted by Gasteiger charge is -2.15. The Labute approximate surface area is 154 Å². The molecule has 25 heavy (non-hydrogen) atoms. The van der Waals surface area contributed by atoms with Crippen LogP contribution in [-0.4, -0.2) is 24.5 Å². The van der Waals surface area contributed by atoms with Crippen molar-refractivity contribution in [3.8, 4) is 11.5 Å². The molecule has 1 atom stereocenters. The Morgan fingerprint density at radius 1 is 1.08 bits per heavy atom. The summed E-state index contributed by atoms with van der Waals surface area (Å²) in [5, 5.41) is 0. The smallest absolute Gasteiger partial charge is 0.279 e. The zero-order valence-electron chi connectivity index (χ0n) is 13.9. The molecule has 2 aromatic carbocycles. The topological polar surface area (TPSA) is 76.7 Å². The summed E-state index contributed by atoms with van der Waals surface area (Å²) >= 11 is 3.39. The SMILES string of the molecule is Cc1cc(OCC(=O)NNC(=O)[C@H](C)Oc2ccccc2)ccc1Br. The molecule has 2 aromatic rings. The lowest BCUT2D eigenvalue weighted by atomic mass is 10.2. The van der Waals surface area contributed by atoms with Crippen molar-refractivity contribution in [1.82, 2.24) is 10.9 Å². The van der Waals surface area contributed by atoms with Gasteiger partial charge >= 0.3 is 0 Å². The molecular formula is C18H19BrN2O4. The maximum absolute atomic E-state index is 11.9. The molecule has 0 unspecified atom stereocenters. The van der Waals surface area contributed by atoms with Crippen molar-refractivity contribution in [1.29, 1.82) is 0 Å². The number of carbonyl (C=O) groups is 2. The lowest BCUT2D eigenvalue weighted by Crippen LogP contribution is -2.48. The summed E-state index contributed by atoms with van der Waals surface area (Å²) in [4.78, 5) is 23.7. The van der Waals surface area contributed by atoms with Gasteiger partial charge in [-0.1, -0.05) is 34.1 Å².